The highest BCUT2D eigenvalue weighted by atomic mass is 32.2. The minimum absolute atomic E-state index is 0.256. The standard InChI is InChI=1S/C12H12N6O2S/c1-21(19,20)12-14-7-10-11(15-12)18(17-16-10)9-4-2-3-8(5-9)6-13/h2-5,7H,6,13H2,1H3. The molecule has 0 saturated heterocycles. The number of benzene rings is 1. The SMILES string of the molecule is CS(=O)(=O)c1ncc2nnn(-c3cccc(CN)c3)c2n1. The fourth-order valence-electron chi connectivity index (χ4n) is 1.88. The zero-order valence-corrected chi connectivity index (χ0v) is 11.9. The van der Waals surface area contributed by atoms with E-state index in [1.807, 2.05) is 24.3 Å². The Bertz CT molecular complexity index is 918. The third-order valence-corrected chi connectivity index (χ3v) is 3.75. The molecule has 3 aromatic rings. The lowest BCUT2D eigenvalue weighted by atomic mass is 10.2. The van der Waals surface area contributed by atoms with Crippen LogP contribution < -0.4 is 5.73 Å². The van der Waals surface area contributed by atoms with Crippen molar-refractivity contribution in [2.24, 2.45) is 5.73 Å². The summed E-state index contributed by atoms with van der Waals surface area (Å²) < 4.78 is 24.6. The topological polar surface area (TPSA) is 117 Å². The predicted octanol–water partition coefficient (Wildman–Crippen LogP) is 0.0727. The van der Waals surface area contributed by atoms with Crippen LogP contribution in [0.5, 0.6) is 0 Å². The summed E-state index contributed by atoms with van der Waals surface area (Å²) in [5.41, 5.74) is 8.00. The van der Waals surface area contributed by atoms with Crippen LogP contribution in [0.15, 0.2) is 35.6 Å². The normalized spacial score (nSPS) is 11.9. The van der Waals surface area contributed by atoms with Gasteiger partial charge in [-0.3, -0.25) is 0 Å². The molecule has 2 N–H and O–H groups in total. The monoisotopic (exact) mass is 304 g/mol. The summed E-state index contributed by atoms with van der Waals surface area (Å²) in [6.45, 7) is 0.393. The van der Waals surface area contributed by atoms with Gasteiger partial charge in [0.1, 0.15) is 0 Å². The number of nitrogens with two attached hydrogens (primary N) is 1. The molecule has 0 spiro atoms. The molecule has 21 heavy (non-hydrogen) atoms. The Balaban J connectivity index is 2.23. The van der Waals surface area contributed by atoms with Gasteiger partial charge in [0, 0.05) is 12.8 Å². The molecule has 0 aliphatic carbocycles. The minimum atomic E-state index is -3.50. The first kappa shape index (κ1) is 13.6. The maximum atomic E-state index is 11.6. The van der Waals surface area contributed by atoms with Gasteiger partial charge in [-0.05, 0) is 17.7 Å². The van der Waals surface area contributed by atoms with Crippen LogP contribution in [-0.2, 0) is 16.4 Å². The molecule has 108 valence electrons. The van der Waals surface area contributed by atoms with Crippen molar-refractivity contribution in [3.05, 3.63) is 36.0 Å². The largest absolute Gasteiger partial charge is 0.326 e. The number of fused-ring (bicyclic) bond motifs is 1. The van der Waals surface area contributed by atoms with Crippen molar-refractivity contribution >= 4 is 21.0 Å². The van der Waals surface area contributed by atoms with E-state index in [4.69, 9.17) is 5.73 Å². The maximum Gasteiger partial charge on any atom is 0.248 e. The van der Waals surface area contributed by atoms with E-state index < -0.39 is 9.84 Å². The van der Waals surface area contributed by atoms with Crippen LogP contribution in [0.1, 0.15) is 5.56 Å². The summed E-state index contributed by atoms with van der Waals surface area (Å²) in [6.07, 6.45) is 2.40. The Morgan fingerprint density at radius 2 is 2.14 bits per heavy atom. The van der Waals surface area contributed by atoms with Crippen LogP contribution in [0.2, 0.25) is 0 Å². The molecule has 3 rings (SSSR count). The first-order chi connectivity index (χ1) is 9.99. The van der Waals surface area contributed by atoms with Crippen LogP contribution in [-0.4, -0.2) is 39.6 Å². The quantitative estimate of drug-likeness (QED) is 0.680. The number of rotatable bonds is 3. The Labute approximate surface area is 120 Å². The molecule has 2 heterocycles. The van der Waals surface area contributed by atoms with Crippen molar-refractivity contribution in [3.63, 3.8) is 0 Å². The number of hydrogen-bond acceptors (Lipinski definition) is 7. The maximum absolute atomic E-state index is 11.6. The van der Waals surface area contributed by atoms with Crippen molar-refractivity contribution in [3.8, 4) is 5.69 Å². The van der Waals surface area contributed by atoms with E-state index in [1.54, 1.807) is 0 Å². The first-order valence-corrected chi connectivity index (χ1v) is 7.96. The van der Waals surface area contributed by atoms with Crippen LogP contribution in [0.3, 0.4) is 0 Å². The fourth-order valence-corrected chi connectivity index (χ4v) is 2.38. The Kier molecular flexibility index (Phi) is 3.15. The van der Waals surface area contributed by atoms with Gasteiger partial charge in [0.15, 0.2) is 11.2 Å². The van der Waals surface area contributed by atoms with Gasteiger partial charge >= 0.3 is 0 Å². The van der Waals surface area contributed by atoms with Gasteiger partial charge in [-0.25, -0.2) is 13.4 Å². The second-order valence-electron chi connectivity index (χ2n) is 4.51. The molecule has 2 aromatic heterocycles. The lowest BCUT2D eigenvalue weighted by molar-refractivity contribution is 0.593. The zero-order valence-electron chi connectivity index (χ0n) is 11.1. The van der Waals surface area contributed by atoms with Crippen molar-refractivity contribution in [1.29, 1.82) is 0 Å². The molecule has 0 amide bonds. The molecule has 0 atom stereocenters. The fraction of sp³-hybridized carbons (Fsp3) is 0.167. The number of aromatic nitrogens is 5. The lowest BCUT2D eigenvalue weighted by Crippen LogP contribution is -2.06. The summed E-state index contributed by atoms with van der Waals surface area (Å²) in [4.78, 5) is 7.83. The van der Waals surface area contributed by atoms with Crippen molar-refractivity contribution in [2.75, 3.05) is 6.26 Å². The van der Waals surface area contributed by atoms with Gasteiger partial charge in [-0.2, -0.15) is 9.67 Å². The Hall–Kier alpha value is -2.39. The molecular weight excluding hydrogens is 292 g/mol. The van der Waals surface area contributed by atoms with E-state index in [1.165, 1.54) is 10.9 Å². The number of hydrogen-bond donors (Lipinski definition) is 1. The number of sulfone groups is 1. The highest BCUT2D eigenvalue weighted by Gasteiger charge is 2.15. The average Bonchev–Trinajstić information content (AvgIpc) is 2.89. The van der Waals surface area contributed by atoms with Crippen molar-refractivity contribution in [1.82, 2.24) is 25.0 Å². The van der Waals surface area contributed by atoms with Crippen LogP contribution in [0.25, 0.3) is 16.9 Å². The van der Waals surface area contributed by atoms with E-state index in [0.717, 1.165) is 11.8 Å². The summed E-state index contributed by atoms with van der Waals surface area (Å²) in [7, 11) is -3.50. The lowest BCUT2D eigenvalue weighted by Gasteiger charge is -2.04. The minimum Gasteiger partial charge on any atom is -0.326 e. The highest BCUT2D eigenvalue weighted by molar-refractivity contribution is 7.90. The highest BCUT2D eigenvalue weighted by Crippen LogP contribution is 2.16. The molecule has 0 aliphatic heterocycles. The molecule has 0 bridgehead atoms. The predicted molar refractivity (Wildman–Crippen MR) is 75.5 cm³/mol. The third-order valence-electron chi connectivity index (χ3n) is 2.89. The van der Waals surface area contributed by atoms with Gasteiger partial charge in [0.2, 0.25) is 15.0 Å². The Morgan fingerprint density at radius 1 is 1.33 bits per heavy atom. The molecule has 0 radical (unpaired) electrons. The van der Waals surface area contributed by atoms with Gasteiger partial charge in [-0.15, -0.1) is 5.10 Å². The molecule has 0 unspecified atom stereocenters. The molecule has 0 saturated carbocycles. The zero-order chi connectivity index (χ0) is 15.0. The van der Waals surface area contributed by atoms with E-state index in [9.17, 15) is 8.42 Å². The van der Waals surface area contributed by atoms with Gasteiger partial charge in [0.25, 0.3) is 0 Å². The van der Waals surface area contributed by atoms with Crippen molar-refractivity contribution in [2.45, 2.75) is 11.7 Å². The van der Waals surface area contributed by atoms with Gasteiger partial charge in [0.05, 0.1) is 11.9 Å². The summed E-state index contributed by atoms with van der Waals surface area (Å²) in [5, 5.41) is 7.67. The molecule has 9 heteroatoms. The van der Waals surface area contributed by atoms with Crippen molar-refractivity contribution < 1.29 is 8.42 Å². The Morgan fingerprint density at radius 3 is 2.86 bits per heavy atom. The van der Waals surface area contributed by atoms with Gasteiger partial charge in [-0.1, -0.05) is 17.3 Å². The second-order valence-corrected chi connectivity index (χ2v) is 6.42. The average molecular weight is 304 g/mol. The summed E-state index contributed by atoms with van der Waals surface area (Å²) in [6, 6.07) is 7.38. The molecule has 0 aliphatic rings. The third kappa shape index (κ3) is 2.48. The molecular formula is C12H12N6O2S. The first-order valence-electron chi connectivity index (χ1n) is 6.07. The molecule has 0 fully saturated rings. The molecule has 8 nitrogen and oxygen atoms in total. The molecule has 1 aromatic carbocycles. The van der Waals surface area contributed by atoms with E-state index in [0.29, 0.717) is 23.4 Å². The van der Waals surface area contributed by atoms with Crippen LogP contribution in [0.4, 0.5) is 0 Å². The van der Waals surface area contributed by atoms with E-state index in [2.05, 4.69) is 20.3 Å². The summed E-state index contributed by atoms with van der Waals surface area (Å²) >= 11 is 0. The van der Waals surface area contributed by atoms with Crippen LogP contribution in [0, 0.1) is 0 Å². The van der Waals surface area contributed by atoms with E-state index >= 15 is 0 Å². The van der Waals surface area contributed by atoms with Crippen LogP contribution >= 0.6 is 0 Å². The second kappa shape index (κ2) is 4.86. The van der Waals surface area contributed by atoms with E-state index in [-0.39, 0.29) is 5.16 Å². The smallest absolute Gasteiger partial charge is 0.248 e. The van der Waals surface area contributed by atoms with Gasteiger partial charge < -0.3 is 5.73 Å². The summed E-state index contributed by atoms with van der Waals surface area (Å²) in [5.74, 6) is 0. The number of nitrogens with zero attached hydrogens (tertiary/aromatic N) is 5.